The summed E-state index contributed by atoms with van der Waals surface area (Å²) in [6.07, 6.45) is 0. The van der Waals surface area contributed by atoms with Gasteiger partial charge in [-0.3, -0.25) is 9.59 Å². The van der Waals surface area contributed by atoms with Gasteiger partial charge in [0.2, 0.25) is 5.91 Å². The van der Waals surface area contributed by atoms with Crippen LogP contribution in [0, 0.1) is 0 Å². The summed E-state index contributed by atoms with van der Waals surface area (Å²) in [6, 6.07) is 15.9. The molecule has 0 fully saturated rings. The van der Waals surface area contributed by atoms with Crippen molar-refractivity contribution in [1.82, 2.24) is 20.6 Å². The number of methoxy groups -OCH3 is 1. The molecule has 0 radical (unpaired) electrons. The zero-order chi connectivity index (χ0) is 24.3. The average Bonchev–Trinajstić information content (AvgIpc) is 2.84. The molecule has 0 aliphatic heterocycles. The van der Waals surface area contributed by atoms with E-state index in [0.29, 0.717) is 60.0 Å². The number of hydrogen-bond acceptors (Lipinski definition) is 7. The summed E-state index contributed by atoms with van der Waals surface area (Å²) in [5.41, 5.74) is 1.37. The predicted molar refractivity (Wildman–Crippen MR) is 133 cm³/mol. The van der Waals surface area contributed by atoms with E-state index in [2.05, 4.69) is 31.2 Å². The van der Waals surface area contributed by atoms with Crippen molar-refractivity contribution >= 4 is 35.1 Å². The summed E-state index contributed by atoms with van der Waals surface area (Å²) in [5.74, 6) is 2.15. The van der Waals surface area contributed by atoms with Crippen LogP contribution in [-0.2, 0) is 4.79 Å². The fourth-order valence-electron chi connectivity index (χ4n) is 3.00. The lowest BCUT2D eigenvalue weighted by atomic mass is 10.2. The number of carbonyl (C=O) groups is 2. The molecule has 0 unspecified atom stereocenters. The normalized spacial score (nSPS) is 10.3. The van der Waals surface area contributed by atoms with Gasteiger partial charge in [-0.15, -0.1) is 0 Å². The van der Waals surface area contributed by atoms with Crippen LogP contribution in [0.15, 0.2) is 54.6 Å². The molecule has 4 N–H and O–H groups in total. The van der Waals surface area contributed by atoms with Crippen molar-refractivity contribution in [3.8, 4) is 17.1 Å². The van der Waals surface area contributed by atoms with Gasteiger partial charge in [-0.1, -0.05) is 11.6 Å². The number of halogens is 1. The number of anilines is 2. The minimum Gasteiger partial charge on any atom is -0.497 e. The van der Waals surface area contributed by atoms with Crippen LogP contribution in [0.2, 0.25) is 5.02 Å². The van der Waals surface area contributed by atoms with Crippen molar-refractivity contribution in [2.24, 2.45) is 0 Å². The summed E-state index contributed by atoms with van der Waals surface area (Å²) in [5, 5.41) is 12.6. The molecule has 34 heavy (non-hydrogen) atoms. The molecule has 3 rings (SSSR count). The van der Waals surface area contributed by atoms with Gasteiger partial charge in [0.25, 0.3) is 5.91 Å². The molecule has 0 bridgehead atoms. The van der Waals surface area contributed by atoms with E-state index in [9.17, 15) is 9.59 Å². The molecule has 0 aliphatic carbocycles. The molecule has 2 amide bonds. The van der Waals surface area contributed by atoms with Crippen molar-refractivity contribution in [2.45, 2.75) is 6.92 Å². The highest BCUT2D eigenvalue weighted by molar-refractivity contribution is 6.30. The van der Waals surface area contributed by atoms with E-state index in [0.717, 1.165) is 5.56 Å². The third-order valence-corrected chi connectivity index (χ3v) is 4.95. The molecular weight excluding hydrogens is 456 g/mol. The van der Waals surface area contributed by atoms with Crippen molar-refractivity contribution in [3.05, 3.63) is 65.2 Å². The lowest BCUT2D eigenvalue weighted by molar-refractivity contribution is -0.118. The summed E-state index contributed by atoms with van der Waals surface area (Å²) in [7, 11) is 1.58. The Morgan fingerprint density at radius 1 is 0.853 bits per heavy atom. The van der Waals surface area contributed by atoms with Crippen LogP contribution in [0.4, 0.5) is 11.6 Å². The molecule has 1 heterocycles. The second kappa shape index (κ2) is 12.4. The van der Waals surface area contributed by atoms with Gasteiger partial charge in [0, 0.05) is 55.3 Å². The fraction of sp³-hybridized carbons (Fsp3) is 0.250. The minimum absolute atomic E-state index is 0.0922. The average molecular weight is 483 g/mol. The molecule has 0 spiro atoms. The summed E-state index contributed by atoms with van der Waals surface area (Å²) in [6.45, 7) is 3.31. The molecule has 3 aromatic rings. The maximum atomic E-state index is 12.3. The maximum absolute atomic E-state index is 12.3. The van der Waals surface area contributed by atoms with Crippen LogP contribution < -0.4 is 26.0 Å². The second-order valence-electron chi connectivity index (χ2n) is 7.29. The van der Waals surface area contributed by atoms with Crippen LogP contribution in [-0.4, -0.2) is 55.1 Å². The zero-order valence-corrected chi connectivity index (χ0v) is 19.8. The molecule has 2 aromatic carbocycles. The number of hydrogen-bond donors (Lipinski definition) is 4. The molecular formula is C24H27ClN6O3. The number of nitrogens with zero attached hydrogens (tertiary/aromatic N) is 2. The van der Waals surface area contributed by atoms with Gasteiger partial charge in [-0.05, 0) is 48.5 Å². The molecule has 0 saturated heterocycles. The number of amides is 2. The van der Waals surface area contributed by atoms with Gasteiger partial charge in [0.15, 0.2) is 5.82 Å². The SMILES string of the molecule is COc1ccc(C(=O)NCCNc2cc(NCCNC(C)=O)nc(-c3ccc(Cl)cc3)n2)cc1. The van der Waals surface area contributed by atoms with E-state index in [1.807, 2.05) is 12.1 Å². The summed E-state index contributed by atoms with van der Waals surface area (Å²) in [4.78, 5) is 32.5. The molecule has 0 aliphatic rings. The first-order chi connectivity index (χ1) is 16.4. The third-order valence-electron chi connectivity index (χ3n) is 4.70. The molecule has 0 atom stereocenters. The van der Waals surface area contributed by atoms with E-state index in [-0.39, 0.29) is 11.8 Å². The molecule has 178 valence electrons. The van der Waals surface area contributed by atoms with Gasteiger partial charge in [-0.2, -0.15) is 0 Å². The molecule has 9 nitrogen and oxygen atoms in total. The minimum atomic E-state index is -0.172. The van der Waals surface area contributed by atoms with E-state index >= 15 is 0 Å². The Morgan fingerprint density at radius 3 is 2.00 bits per heavy atom. The number of carbonyl (C=O) groups excluding carboxylic acids is 2. The van der Waals surface area contributed by atoms with E-state index in [1.54, 1.807) is 49.6 Å². The third kappa shape index (κ3) is 7.63. The first kappa shape index (κ1) is 24.8. The van der Waals surface area contributed by atoms with Crippen molar-refractivity contribution in [2.75, 3.05) is 43.9 Å². The first-order valence-electron chi connectivity index (χ1n) is 10.7. The Hall–Kier alpha value is -3.85. The van der Waals surface area contributed by atoms with Crippen LogP contribution in [0.5, 0.6) is 5.75 Å². The topological polar surface area (TPSA) is 117 Å². The lowest BCUT2D eigenvalue weighted by Gasteiger charge is -2.12. The van der Waals surface area contributed by atoms with Gasteiger partial charge in [0.1, 0.15) is 17.4 Å². The van der Waals surface area contributed by atoms with Crippen LogP contribution in [0.3, 0.4) is 0 Å². The first-order valence-corrected chi connectivity index (χ1v) is 11.1. The number of aromatic nitrogens is 2. The standard InChI is InChI=1S/C24H27ClN6O3/c1-16(32)26-11-12-27-21-15-22(31-23(30-21)17-3-7-19(25)8-4-17)28-13-14-29-24(33)18-5-9-20(34-2)10-6-18/h3-10,15H,11-14H2,1-2H3,(H,26,32)(H,29,33)(H2,27,28,30,31). The van der Waals surface area contributed by atoms with Crippen LogP contribution in [0.25, 0.3) is 11.4 Å². The highest BCUT2D eigenvalue weighted by atomic mass is 35.5. The second-order valence-corrected chi connectivity index (χ2v) is 7.73. The number of benzene rings is 2. The smallest absolute Gasteiger partial charge is 0.251 e. The number of nitrogens with one attached hydrogen (secondary N) is 4. The Kier molecular flexibility index (Phi) is 9.04. The predicted octanol–water partition coefficient (Wildman–Crippen LogP) is 3.20. The highest BCUT2D eigenvalue weighted by Crippen LogP contribution is 2.22. The van der Waals surface area contributed by atoms with Crippen molar-refractivity contribution in [1.29, 1.82) is 0 Å². The fourth-order valence-corrected chi connectivity index (χ4v) is 3.12. The number of rotatable bonds is 11. The Balaban J connectivity index is 1.62. The molecule has 10 heteroatoms. The van der Waals surface area contributed by atoms with Crippen LogP contribution in [0.1, 0.15) is 17.3 Å². The Labute approximate surface area is 203 Å². The van der Waals surface area contributed by atoms with Gasteiger partial charge in [0.05, 0.1) is 7.11 Å². The van der Waals surface area contributed by atoms with Gasteiger partial charge < -0.3 is 26.0 Å². The number of ether oxygens (including phenoxy) is 1. The maximum Gasteiger partial charge on any atom is 0.251 e. The van der Waals surface area contributed by atoms with E-state index < -0.39 is 0 Å². The Bertz CT molecular complexity index is 1110. The largest absolute Gasteiger partial charge is 0.497 e. The van der Waals surface area contributed by atoms with Crippen LogP contribution >= 0.6 is 11.6 Å². The molecule has 0 saturated carbocycles. The van der Waals surface area contributed by atoms with Crippen molar-refractivity contribution in [3.63, 3.8) is 0 Å². The summed E-state index contributed by atoms with van der Waals surface area (Å²) >= 11 is 6.00. The lowest BCUT2D eigenvalue weighted by Crippen LogP contribution is -2.29. The summed E-state index contributed by atoms with van der Waals surface area (Å²) < 4.78 is 5.11. The van der Waals surface area contributed by atoms with E-state index in [4.69, 9.17) is 16.3 Å². The van der Waals surface area contributed by atoms with E-state index in [1.165, 1.54) is 6.92 Å². The zero-order valence-electron chi connectivity index (χ0n) is 19.0. The Morgan fingerprint density at radius 2 is 1.44 bits per heavy atom. The highest BCUT2D eigenvalue weighted by Gasteiger charge is 2.09. The quantitative estimate of drug-likeness (QED) is 0.310. The molecule has 1 aromatic heterocycles. The van der Waals surface area contributed by atoms with Gasteiger partial charge >= 0.3 is 0 Å². The van der Waals surface area contributed by atoms with Gasteiger partial charge in [-0.25, -0.2) is 9.97 Å². The monoisotopic (exact) mass is 482 g/mol. The van der Waals surface area contributed by atoms with Crippen molar-refractivity contribution < 1.29 is 14.3 Å².